The summed E-state index contributed by atoms with van der Waals surface area (Å²) in [6, 6.07) is 8.10. The fourth-order valence-corrected chi connectivity index (χ4v) is 3.42. The Balaban J connectivity index is 2.09. The van der Waals surface area contributed by atoms with E-state index < -0.39 is 5.76 Å². The van der Waals surface area contributed by atoms with Gasteiger partial charge in [0.1, 0.15) is 0 Å². The van der Waals surface area contributed by atoms with Crippen molar-refractivity contribution in [2.75, 3.05) is 6.54 Å². The molecule has 2 aromatic heterocycles. The molecule has 1 atom stereocenters. The number of benzene rings is 1. The predicted octanol–water partition coefficient (Wildman–Crippen LogP) is 3.19. The highest BCUT2D eigenvalue weighted by Gasteiger charge is 2.17. The van der Waals surface area contributed by atoms with Crippen LogP contribution in [0.5, 0.6) is 0 Å². The van der Waals surface area contributed by atoms with Crippen LogP contribution in [0, 0.1) is 6.92 Å². The number of aryl methyl sites for hydroxylation is 1. The largest absolute Gasteiger partial charge is 0.417 e. The fraction of sp³-hybridized carbons (Fsp3) is 0.267. The van der Waals surface area contributed by atoms with Crippen molar-refractivity contribution in [2.45, 2.75) is 19.9 Å². The standard InChI is InChI=1S/C15H16N2O2S/c1-3-16-13(14-9(2)6-7-20-14)10-4-5-11-12(8-10)19-15(18)17-11/h4-8,13,16H,3H2,1-2H3,(H,17,18). The van der Waals surface area contributed by atoms with Crippen LogP contribution in [-0.4, -0.2) is 11.5 Å². The number of rotatable bonds is 4. The van der Waals surface area contributed by atoms with Crippen molar-refractivity contribution in [1.29, 1.82) is 0 Å². The van der Waals surface area contributed by atoms with E-state index in [-0.39, 0.29) is 6.04 Å². The number of hydrogen-bond acceptors (Lipinski definition) is 4. The van der Waals surface area contributed by atoms with Crippen LogP contribution in [0.3, 0.4) is 0 Å². The van der Waals surface area contributed by atoms with Crippen molar-refractivity contribution in [3.63, 3.8) is 0 Å². The Bertz CT molecular complexity index is 784. The second-order valence-electron chi connectivity index (χ2n) is 4.73. The summed E-state index contributed by atoms with van der Waals surface area (Å²) in [6.45, 7) is 5.08. The van der Waals surface area contributed by atoms with Gasteiger partial charge in [-0.05, 0) is 48.2 Å². The van der Waals surface area contributed by atoms with Crippen molar-refractivity contribution < 1.29 is 4.42 Å². The van der Waals surface area contributed by atoms with E-state index in [1.807, 2.05) is 18.2 Å². The number of nitrogens with one attached hydrogen (secondary N) is 2. The van der Waals surface area contributed by atoms with E-state index >= 15 is 0 Å². The molecule has 20 heavy (non-hydrogen) atoms. The molecule has 2 heterocycles. The molecule has 1 aromatic carbocycles. The Morgan fingerprint density at radius 3 is 2.95 bits per heavy atom. The van der Waals surface area contributed by atoms with E-state index in [0.29, 0.717) is 5.58 Å². The molecular weight excluding hydrogens is 272 g/mol. The smallest absolute Gasteiger partial charge is 0.408 e. The fourth-order valence-electron chi connectivity index (χ4n) is 2.39. The highest BCUT2D eigenvalue weighted by atomic mass is 32.1. The molecule has 0 spiro atoms. The first-order chi connectivity index (χ1) is 9.69. The van der Waals surface area contributed by atoms with Gasteiger partial charge in [-0.15, -0.1) is 11.3 Å². The zero-order valence-corrected chi connectivity index (χ0v) is 12.2. The molecule has 104 valence electrons. The minimum atomic E-state index is -0.413. The van der Waals surface area contributed by atoms with E-state index in [4.69, 9.17) is 4.42 Å². The molecule has 0 radical (unpaired) electrons. The first kappa shape index (κ1) is 13.1. The molecule has 2 N–H and O–H groups in total. The molecule has 0 saturated carbocycles. The molecule has 4 nitrogen and oxygen atoms in total. The Morgan fingerprint density at radius 1 is 1.40 bits per heavy atom. The van der Waals surface area contributed by atoms with Crippen LogP contribution in [0.25, 0.3) is 11.1 Å². The van der Waals surface area contributed by atoms with Crippen molar-refractivity contribution in [2.24, 2.45) is 0 Å². The lowest BCUT2D eigenvalue weighted by atomic mass is 10.0. The molecule has 0 saturated heterocycles. The summed E-state index contributed by atoms with van der Waals surface area (Å²) in [6.07, 6.45) is 0. The van der Waals surface area contributed by atoms with E-state index in [1.165, 1.54) is 10.4 Å². The van der Waals surface area contributed by atoms with Crippen LogP contribution in [0.15, 0.2) is 38.9 Å². The van der Waals surface area contributed by atoms with Crippen LogP contribution < -0.4 is 11.1 Å². The number of H-pyrrole nitrogens is 1. The Kier molecular flexibility index (Phi) is 3.46. The van der Waals surface area contributed by atoms with Gasteiger partial charge in [0.25, 0.3) is 0 Å². The molecule has 0 fully saturated rings. The number of thiophene rings is 1. The third-order valence-electron chi connectivity index (χ3n) is 3.35. The van der Waals surface area contributed by atoms with Crippen LogP contribution in [0.2, 0.25) is 0 Å². The van der Waals surface area contributed by atoms with Gasteiger partial charge >= 0.3 is 5.76 Å². The third kappa shape index (κ3) is 2.30. The van der Waals surface area contributed by atoms with Crippen LogP contribution in [0.1, 0.15) is 29.0 Å². The molecule has 5 heteroatoms. The first-order valence-corrected chi connectivity index (χ1v) is 7.47. The maximum Gasteiger partial charge on any atom is 0.417 e. The SMILES string of the molecule is CCNC(c1ccc2[nH]c(=O)oc2c1)c1sccc1C. The lowest BCUT2D eigenvalue weighted by molar-refractivity contribution is 0.554. The number of fused-ring (bicyclic) bond motifs is 1. The highest BCUT2D eigenvalue weighted by Crippen LogP contribution is 2.30. The molecular formula is C15H16N2O2S. The Morgan fingerprint density at radius 2 is 2.25 bits per heavy atom. The van der Waals surface area contributed by atoms with Crippen LogP contribution in [0.4, 0.5) is 0 Å². The van der Waals surface area contributed by atoms with Gasteiger partial charge in [-0.3, -0.25) is 4.98 Å². The summed E-state index contributed by atoms with van der Waals surface area (Å²) in [5.41, 5.74) is 3.71. The first-order valence-electron chi connectivity index (χ1n) is 6.59. The van der Waals surface area contributed by atoms with Gasteiger partial charge < -0.3 is 9.73 Å². The van der Waals surface area contributed by atoms with Gasteiger partial charge in [0.2, 0.25) is 0 Å². The highest BCUT2D eigenvalue weighted by molar-refractivity contribution is 7.10. The van der Waals surface area contributed by atoms with Gasteiger partial charge in [-0.2, -0.15) is 0 Å². The molecule has 0 amide bonds. The number of aromatic amines is 1. The van der Waals surface area contributed by atoms with Gasteiger partial charge in [0.05, 0.1) is 11.6 Å². The third-order valence-corrected chi connectivity index (χ3v) is 4.43. The zero-order valence-electron chi connectivity index (χ0n) is 11.4. The molecule has 3 rings (SSSR count). The number of oxazole rings is 1. The summed E-state index contributed by atoms with van der Waals surface area (Å²) in [7, 11) is 0. The van der Waals surface area contributed by atoms with E-state index in [2.05, 4.69) is 35.6 Å². The van der Waals surface area contributed by atoms with Crippen molar-refractivity contribution >= 4 is 22.4 Å². The lowest BCUT2D eigenvalue weighted by Gasteiger charge is -2.18. The second-order valence-corrected chi connectivity index (χ2v) is 5.68. The van der Waals surface area contributed by atoms with Crippen LogP contribution >= 0.6 is 11.3 Å². The summed E-state index contributed by atoms with van der Waals surface area (Å²) >= 11 is 1.74. The molecule has 0 aliphatic carbocycles. The monoisotopic (exact) mass is 288 g/mol. The number of hydrogen-bond donors (Lipinski definition) is 2. The van der Waals surface area contributed by atoms with Crippen LogP contribution in [-0.2, 0) is 0 Å². The maximum absolute atomic E-state index is 11.2. The Labute approximate surface area is 120 Å². The lowest BCUT2D eigenvalue weighted by Crippen LogP contribution is -2.21. The van der Waals surface area contributed by atoms with Gasteiger partial charge in [0.15, 0.2) is 5.58 Å². The summed E-state index contributed by atoms with van der Waals surface area (Å²) in [5.74, 6) is -0.413. The van der Waals surface area contributed by atoms with E-state index in [9.17, 15) is 4.79 Å². The normalized spacial score (nSPS) is 12.9. The summed E-state index contributed by atoms with van der Waals surface area (Å²) in [5, 5.41) is 5.60. The average Bonchev–Trinajstić information content (AvgIpc) is 3.00. The predicted molar refractivity (Wildman–Crippen MR) is 81.4 cm³/mol. The minimum Gasteiger partial charge on any atom is -0.408 e. The molecule has 0 bridgehead atoms. The quantitative estimate of drug-likeness (QED) is 0.775. The van der Waals surface area contributed by atoms with Crippen molar-refractivity contribution in [3.05, 3.63) is 56.2 Å². The molecule has 3 aromatic rings. The van der Waals surface area contributed by atoms with Gasteiger partial charge in [0, 0.05) is 4.88 Å². The minimum absolute atomic E-state index is 0.129. The summed E-state index contributed by atoms with van der Waals surface area (Å²) < 4.78 is 5.15. The molecule has 0 aliphatic rings. The molecule has 0 aliphatic heterocycles. The van der Waals surface area contributed by atoms with Crippen molar-refractivity contribution in [1.82, 2.24) is 10.3 Å². The van der Waals surface area contributed by atoms with E-state index in [1.54, 1.807) is 11.3 Å². The van der Waals surface area contributed by atoms with Gasteiger partial charge in [-0.1, -0.05) is 13.0 Å². The van der Waals surface area contributed by atoms with Gasteiger partial charge in [-0.25, -0.2) is 4.79 Å². The second kappa shape index (κ2) is 5.26. The Hall–Kier alpha value is -1.85. The zero-order chi connectivity index (χ0) is 14.1. The van der Waals surface area contributed by atoms with Crippen molar-refractivity contribution in [3.8, 4) is 0 Å². The average molecular weight is 288 g/mol. The summed E-state index contributed by atoms with van der Waals surface area (Å²) in [4.78, 5) is 15.2. The maximum atomic E-state index is 11.2. The van der Waals surface area contributed by atoms with E-state index in [0.717, 1.165) is 17.6 Å². The topological polar surface area (TPSA) is 58.0 Å². The number of aromatic nitrogens is 1. The molecule has 1 unspecified atom stereocenters.